The highest BCUT2D eigenvalue weighted by Crippen LogP contribution is 2.26. The third kappa shape index (κ3) is 3.27. The van der Waals surface area contributed by atoms with Crippen molar-refractivity contribution in [1.29, 1.82) is 0 Å². The maximum atomic E-state index is 3.49. The molecule has 0 aliphatic heterocycles. The van der Waals surface area contributed by atoms with Gasteiger partial charge in [-0.05, 0) is 56.6 Å². The number of nitrogens with one attached hydrogen (secondary N) is 2. The van der Waals surface area contributed by atoms with Crippen LogP contribution in [0.25, 0.3) is 21.8 Å². The van der Waals surface area contributed by atoms with Crippen molar-refractivity contribution < 1.29 is 0 Å². The lowest BCUT2D eigenvalue weighted by molar-refractivity contribution is 0.616. The molecule has 0 spiro atoms. The second-order valence-electron chi connectivity index (χ2n) is 5.82. The summed E-state index contributed by atoms with van der Waals surface area (Å²) in [6.45, 7) is 1.14. The van der Waals surface area contributed by atoms with Crippen LogP contribution < -0.4 is 5.32 Å². The Morgan fingerprint density at radius 2 is 1.67 bits per heavy atom. The van der Waals surface area contributed by atoms with Gasteiger partial charge in [-0.2, -0.15) is 0 Å². The van der Waals surface area contributed by atoms with Crippen molar-refractivity contribution in [1.82, 2.24) is 10.3 Å². The summed E-state index contributed by atoms with van der Waals surface area (Å²) in [5, 5.41) is 5.90. The molecule has 2 nitrogen and oxygen atoms in total. The molecule has 1 heterocycles. The van der Waals surface area contributed by atoms with E-state index in [2.05, 4.69) is 52.8 Å². The molecule has 0 amide bonds. The largest absolute Gasteiger partial charge is 0.355 e. The van der Waals surface area contributed by atoms with E-state index in [9.17, 15) is 0 Å². The molecule has 110 valence electrons. The topological polar surface area (TPSA) is 27.8 Å². The first kappa shape index (κ1) is 14.2. The zero-order valence-corrected chi connectivity index (χ0v) is 12.8. The molecule has 0 fully saturated rings. The van der Waals surface area contributed by atoms with Gasteiger partial charge in [0.15, 0.2) is 0 Å². The Bertz CT molecular complexity index is 712. The first-order valence-electron chi connectivity index (χ1n) is 8.02. The lowest BCUT2D eigenvalue weighted by atomic mass is 10.0. The van der Waals surface area contributed by atoms with Crippen LogP contribution in [0.5, 0.6) is 0 Å². The maximum absolute atomic E-state index is 3.49. The van der Waals surface area contributed by atoms with Crippen LogP contribution in [0.4, 0.5) is 0 Å². The Labute approximate surface area is 126 Å². The number of aromatic amines is 1. The highest BCUT2D eigenvalue weighted by Gasteiger charge is 2.04. The van der Waals surface area contributed by atoms with Crippen molar-refractivity contribution in [3.8, 4) is 0 Å². The van der Waals surface area contributed by atoms with E-state index in [0.29, 0.717) is 0 Å². The van der Waals surface area contributed by atoms with Gasteiger partial charge in [0.1, 0.15) is 0 Å². The molecule has 0 aliphatic carbocycles. The number of hydrogen-bond acceptors (Lipinski definition) is 1. The van der Waals surface area contributed by atoms with Crippen LogP contribution >= 0.6 is 0 Å². The Balaban J connectivity index is 1.68. The SMILES string of the molecule is CNCCCCCCc1ccc2[nH]c3ccccc3c2c1. The molecular formula is C19H24N2. The Morgan fingerprint density at radius 1 is 0.857 bits per heavy atom. The Morgan fingerprint density at radius 3 is 2.57 bits per heavy atom. The number of rotatable bonds is 7. The number of benzene rings is 2. The van der Waals surface area contributed by atoms with E-state index in [1.54, 1.807) is 0 Å². The second kappa shape index (κ2) is 6.77. The molecule has 3 aromatic rings. The summed E-state index contributed by atoms with van der Waals surface area (Å²) in [4.78, 5) is 3.49. The molecule has 0 radical (unpaired) electrons. The third-order valence-corrected chi connectivity index (χ3v) is 4.21. The first-order valence-corrected chi connectivity index (χ1v) is 8.02. The van der Waals surface area contributed by atoms with Crippen molar-refractivity contribution in [3.63, 3.8) is 0 Å². The lowest BCUT2D eigenvalue weighted by Gasteiger charge is -2.03. The maximum Gasteiger partial charge on any atom is 0.0465 e. The van der Waals surface area contributed by atoms with Gasteiger partial charge in [-0.1, -0.05) is 37.1 Å². The monoisotopic (exact) mass is 280 g/mol. The van der Waals surface area contributed by atoms with E-state index >= 15 is 0 Å². The summed E-state index contributed by atoms with van der Waals surface area (Å²) in [6.07, 6.45) is 6.42. The smallest absolute Gasteiger partial charge is 0.0465 e. The second-order valence-corrected chi connectivity index (χ2v) is 5.82. The highest BCUT2D eigenvalue weighted by molar-refractivity contribution is 6.07. The molecule has 0 atom stereocenters. The van der Waals surface area contributed by atoms with Gasteiger partial charge in [0.05, 0.1) is 0 Å². The van der Waals surface area contributed by atoms with Gasteiger partial charge in [-0.25, -0.2) is 0 Å². The van der Waals surface area contributed by atoms with Crippen LogP contribution in [-0.4, -0.2) is 18.6 Å². The molecule has 0 saturated carbocycles. The fourth-order valence-electron chi connectivity index (χ4n) is 3.04. The summed E-state index contributed by atoms with van der Waals surface area (Å²) in [6, 6.07) is 15.4. The van der Waals surface area contributed by atoms with Crippen molar-refractivity contribution in [2.24, 2.45) is 0 Å². The van der Waals surface area contributed by atoms with Gasteiger partial charge >= 0.3 is 0 Å². The fraction of sp³-hybridized carbons (Fsp3) is 0.368. The zero-order valence-electron chi connectivity index (χ0n) is 12.8. The summed E-state index contributed by atoms with van der Waals surface area (Å²) in [7, 11) is 2.02. The Kier molecular flexibility index (Phi) is 4.56. The van der Waals surface area contributed by atoms with Crippen LogP contribution in [0.2, 0.25) is 0 Å². The number of aryl methyl sites for hydroxylation is 1. The first-order chi connectivity index (χ1) is 10.4. The molecule has 0 bridgehead atoms. The van der Waals surface area contributed by atoms with Crippen molar-refractivity contribution in [2.45, 2.75) is 32.1 Å². The number of H-pyrrole nitrogens is 1. The van der Waals surface area contributed by atoms with Crippen LogP contribution in [-0.2, 0) is 6.42 Å². The van der Waals surface area contributed by atoms with Crippen molar-refractivity contribution >= 4 is 21.8 Å². The minimum atomic E-state index is 1.14. The third-order valence-electron chi connectivity index (χ3n) is 4.21. The van der Waals surface area contributed by atoms with Crippen LogP contribution in [0.3, 0.4) is 0 Å². The molecule has 2 aromatic carbocycles. The standard InChI is InChI=1S/C19H24N2/c1-20-13-7-3-2-4-8-15-11-12-19-17(14-15)16-9-5-6-10-18(16)21-19/h5-6,9-12,14,20-21H,2-4,7-8,13H2,1H3. The summed E-state index contributed by atoms with van der Waals surface area (Å²) in [5.74, 6) is 0. The van der Waals surface area contributed by atoms with E-state index in [0.717, 1.165) is 6.54 Å². The molecule has 2 heteroatoms. The molecular weight excluding hydrogens is 256 g/mol. The number of unbranched alkanes of at least 4 members (excludes halogenated alkanes) is 3. The molecule has 1 aromatic heterocycles. The minimum Gasteiger partial charge on any atom is -0.355 e. The minimum absolute atomic E-state index is 1.14. The fourth-order valence-corrected chi connectivity index (χ4v) is 3.04. The van der Waals surface area contributed by atoms with Crippen LogP contribution in [0.1, 0.15) is 31.2 Å². The molecule has 3 rings (SSSR count). The van der Waals surface area contributed by atoms with Gasteiger partial charge < -0.3 is 10.3 Å². The number of hydrogen-bond donors (Lipinski definition) is 2. The number of para-hydroxylation sites is 1. The average molecular weight is 280 g/mol. The molecule has 0 saturated heterocycles. The van der Waals surface area contributed by atoms with E-state index in [1.807, 2.05) is 7.05 Å². The summed E-state index contributed by atoms with van der Waals surface area (Å²) in [5.41, 5.74) is 3.94. The van der Waals surface area contributed by atoms with Gasteiger partial charge in [0.25, 0.3) is 0 Å². The van der Waals surface area contributed by atoms with Gasteiger partial charge in [-0.3, -0.25) is 0 Å². The van der Waals surface area contributed by atoms with Gasteiger partial charge in [-0.15, -0.1) is 0 Å². The van der Waals surface area contributed by atoms with E-state index in [-0.39, 0.29) is 0 Å². The number of aromatic nitrogens is 1. The molecule has 0 aliphatic rings. The summed E-state index contributed by atoms with van der Waals surface area (Å²) >= 11 is 0. The van der Waals surface area contributed by atoms with Gasteiger partial charge in [0.2, 0.25) is 0 Å². The highest BCUT2D eigenvalue weighted by atomic mass is 14.8. The predicted molar refractivity (Wildman–Crippen MR) is 91.9 cm³/mol. The number of fused-ring (bicyclic) bond motifs is 3. The molecule has 0 unspecified atom stereocenters. The van der Waals surface area contributed by atoms with E-state index in [1.165, 1.54) is 59.5 Å². The predicted octanol–water partition coefficient (Wildman–Crippen LogP) is 4.64. The quantitative estimate of drug-likeness (QED) is 0.606. The van der Waals surface area contributed by atoms with Gasteiger partial charge in [0, 0.05) is 21.8 Å². The van der Waals surface area contributed by atoms with E-state index < -0.39 is 0 Å². The average Bonchev–Trinajstić information content (AvgIpc) is 2.89. The van der Waals surface area contributed by atoms with Crippen molar-refractivity contribution in [2.75, 3.05) is 13.6 Å². The Hall–Kier alpha value is -1.80. The van der Waals surface area contributed by atoms with Crippen LogP contribution in [0, 0.1) is 0 Å². The van der Waals surface area contributed by atoms with E-state index in [4.69, 9.17) is 0 Å². The normalized spacial score (nSPS) is 11.5. The summed E-state index contributed by atoms with van der Waals surface area (Å²) < 4.78 is 0. The van der Waals surface area contributed by atoms with Crippen LogP contribution in [0.15, 0.2) is 42.5 Å². The lowest BCUT2D eigenvalue weighted by Crippen LogP contribution is -2.06. The molecule has 21 heavy (non-hydrogen) atoms. The molecule has 2 N–H and O–H groups in total. The van der Waals surface area contributed by atoms with Crippen molar-refractivity contribution in [3.05, 3.63) is 48.0 Å². The zero-order chi connectivity index (χ0) is 14.5.